The average molecular weight is 668 g/mol. The molecule has 0 aromatic carbocycles. The Labute approximate surface area is 102 Å². The van der Waals surface area contributed by atoms with Gasteiger partial charge in [-0.3, -0.25) is 0 Å². The second kappa shape index (κ2) is 16.1. The third-order valence-electron chi connectivity index (χ3n) is 0. The fourth-order valence-corrected chi connectivity index (χ4v) is 0. The summed E-state index contributed by atoms with van der Waals surface area (Å²) in [6.45, 7) is 0. The van der Waals surface area contributed by atoms with E-state index < -0.39 is 0 Å². The number of hydrogen-bond donors (Lipinski definition) is 0. The van der Waals surface area contributed by atoms with Crippen molar-refractivity contribution in [1.29, 1.82) is 0 Å². The molecule has 0 spiro atoms. The summed E-state index contributed by atoms with van der Waals surface area (Å²) in [5.41, 5.74) is 0. The van der Waals surface area contributed by atoms with Crippen LogP contribution in [0.4, 0.5) is 0 Å². The van der Waals surface area contributed by atoms with Crippen LogP contribution in [-0.4, -0.2) is 0 Å². The Morgan fingerprint density at radius 1 is 0.500 bits per heavy atom. The summed E-state index contributed by atoms with van der Waals surface area (Å²) >= 11 is 0. The van der Waals surface area contributed by atoms with Crippen molar-refractivity contribution in [3.8, 4) is 0 Å². The maximum Gasteiger partial charge on any atom is 0 e. The van der Waals surface area contributed by atoms with Crippen LogP contribution in [0.3, 0.4) is 0 Å². The van der Waals surface area contributed by atoms with Crippen molar-refractivity contribution in [2.45, 2.75) is 0 Å². The molecule has 0 heterocycles. The molecule has 0 fully saturated rings. The van der Waals surface area contributed by atoms with Crippen LogP contribution < -0.4 is 0 Å². The summed E-state index contributed by atoms with van der Waals surface area (Å²) in [5, 5.41) is 0. The second-order valence-corrected chi connectivity index (χ2v) is 0. The fraction of sp³-hybridized carbons (Fsp3) is 0. The first kappa shape index (κ1) is 25.9. The van der Waals surface area contributed by atoms with Gasteiger partial charge in [-0.1, -0.05) is 0 Å². The molecule has 0 amide bonds. The maximum atomic E-state index is 0. The molecule has 0 saturated carbocycles. The Morgan fingerprint density at radius 3 is 0.500 bits per heavy atom. The molecule has 0 bridgehead atoms. The molecule has 0 rings (SSSR count). The molecule has 0 atom stereocenters. The third kappa shape index (κ3) is 9.08. The van der Waals surface area contributed by atoms with Gasteiger partial charge in [-0.15, -0.1) is 0 Å². The summed E-state index contributed by atoms with van der Waals surface area (Å²) < 4.78 is 0. The minimum absolute atomic E-state index is 0. The zero-order valence-corrected chi connectivity index (χ0v) is 14.2. The van der Waals surface area contributed by atoms with Crippen LogP contribution in [0.25, 0.3) is 0 Å². The molecule has 0 saturated heterocycles. The monoisotopic (exact) mass is 672 g/mol. The summed E-state index contributed by atoms with van der Waals surface area (Å²) in [7, 11) is 0. The Kier molecular flexibility index (Phi) is 104. The molecule has 4 heteroatoms. The van der Waals surface area contributed by atoms with Crippen LogP contribution in [0.5, 0.6) is 0 Å². The minimum atomic E-state index is 0. The van der Waals surface area contributed by atoms with Gasteiger partial charge < -0.3 is 0 Å². The van der Waals surface area contributed by atoms with E-state index in [1.54, 1.807) is 0 Å². The first-order chi connectivity index (χ1) is 0. The van der Waals surface area contributed by atoms with Crippen molar-refractivity contribution >= 4 is 0 Å². The van der Waals surface area contributed by atoms with E-state index in [9.17, 15) is 0 Å². The average Bonchev–Trinajstić information content (AvgIpc) is 0. The first-order valence-electron chi connectivity index (χ1n) is 0. The molecule has 0 aliphatic carbocycles. The van der Waals surface area contributed by atoms with Gasteiger partial charge in [-0.05, 0) is 0 Å². The smallest absolute Gasteiger partial charge is 0 e. The van der Waals surface area contributed by atoms with Gasteiger partial charge in [0.1, 0.15) is 0 Å². The molecule has 20 valence electrons. The van der Waals surface area contributed by atoms with Gasteiger partial charge in [-0.25, -0.2) is 0 Å². The SMILES string of the molecule is [Mo].[Mo].[U].[U]. The standard InChI is InChI=1S/2Mo.2U. The van der Waals surface area contributed by atoms with Crippen LogP contribution in [-0.2, 0) is 42.1 Å². The maximum absolute atomic E-state index is 0. The van der Waals surface area contributed by atoms with Crippen LogP contribution in [0.1, 0.15) is 0 Å². The predicted molar refractivity (Wildman–Crippen MR) is 0 cm³/mol. The van der Waals surface area contributed by atoms with Crippen molar-refractivity contribution in [1.82, 2.24) is 0 Å². The van der Waals surface area contributed by atoms with E-state index in [1.165, 1.54) is 0 Å². The summed E-state index contributed by atoms with van der Waals surface area (Å²) in [5.74, 6) is 0. The number of hydrogen-bond acceptors (Lipinski definition) is 0. The zero-order chi connectivity index (χ0) is 0. The molecule has 0 radical (unpaired) electrons. The van der Waals surface area contributed by atoms with E-state index in [-0.39, 0.29) is 104 Å². The third-order valence-corrected chi connectivity index (χ3v) is 0. The van der Waals surface area contributed by atoms with E-state index in [4.69, 9.17) is 0 Å². The molecule has 0 aliphatic rings. The molecule has 0 aromatic heterocycles. The van der Waals surface area contributed by atoms with Crippen molar-refractivity contribution < 1.29 is 104 Å². The van der Waals surface area contributed by atoms with E-state index in [0.717, 1.165) is 0 Å². The second-order valence-electron chi connectivity index (χ2n) is 0. The molecule has 0 nitrogen and oxygen atoms in total. The van der Waals surface area contributed by atoms with Crippen molar-refractivity contribution in [3.05, 3.63) is 0 Å². The molecule has 0 aromatic rings. The van der Waals surface area contributed by atoms with Gasteiger partial charge in [-0.2, -0.15) is 0 Å². The first-order valence-corrected chi connectivity index (χ1v) is 0. The molecule has 4 heavy (non-hydrogen) atoms. The minimum Gasteiger partial charge on any atom is 0 e. The van der Waals surface area contributed by atoms with E-state index in [0.29, 0.717) is 0 Å². The Balaban J connectivity index is 0. The summed E-state index contributed by atoms with van der Waals surface area (Å²) in [6.07, 6.45) is 0. The van der Waals surface area contributed by atoms with Crippen LogP contribution in [0.15, 0.2) is 0 Å². The fourth-order valence-electron chi connectivity index (χ4n) is 0. The van der Waals surface area contributed by atoms with Crippen molar-refractivity contribution in [2.75, 3.05) is 0 Å². The van der Waals surface area contributed by atoms with Gasteiger partial charge in [0.25, 0.3) is 0 Å². The number of rotatable bonds is 0. The Hall–Kier alpha value is 3.48. The normalized spacial score (nSPS) is 0. The molecule has 0 N–H and O–H groups in total. The van der Waals surface area contributed by atoms with Gasteiger partial charge in [0, 0.05) is 104 Å². The molecule has 0 aliphatic heterocycles. The van der Waals surface area contributed by atoms with E-state index in [2.05, 4.69) is 0 Å². The topological polar surface area (TPSA) is 0 Å². The molecule has 0 unspecified atom stereocenters. The van der Waals surface area contributed by atoms with Crippen LogP contribution >= 0.6 is 0 Å². The van der Waals surface area contributed by atoms with Crippen molar-refractivity contribution in [3.63, 3.8) is 0 Å². The zero-order valence-electron chi connectivity index (χ0n) is 1.82. The van der Waals surface area contributed by atoms with E-state index >= 15 is 0 Å². The quantitative estimate of drug-likeness (QED) is 0.320. The van der Waals surface area contributed by atoms with E-state index in [1.807, 2.05) is 0 Å². The summed E-state index contributed by atoms with van der Waals surface area (Å²) in [6, 6.07) is 0. The van der Waals surface area contributed by atoms with Crippen LogP contribution in [0.2, 0.25) is 0 Å². The molecular weight excluding hydrogens is 668 g/mol. The Morgan fingerprint density at radius 2 is 0.500 bits per heavy atom. The van der Waals surface area contributed by atoms with Crippen LogP contribution in [0, 0.1) is 62.2 Å². The van der Waals surface area contributed by atoms with Crippen molar-refractivity contribution in [2.24, 2.45) is 0 Å². The van der Waals surface area contributed by atoms with Gasteiger partial charge >= 0.3 is 0 Å². The van der Waals surface area contributed by atoms with Gasteiger partial charge in [0.05, 0.1) is 0 Å². The molecular formula is Mo2U2. The van der Waals surface area contributed by atoms with Gasteiger partial charge in [0.15, 0.2) is 0 Å². The largest absolute Gasteiger partial charge is 0 e. The summed E-state index contributed by atoms with van der Waals surface area (Å²) in [4.78, 5) is 0. The Bertz CT molecular complexity index is 4.00. The predicted octanol–water partition coefficient (Wildman–Crippen LogP) is -0.00500. The van der Waals surface area contributed by atoms with Gasteiger partial charge in [0.2, 0.25) is 0 Å².